The molecule has 2 aromatic carbocycles. The number of ether oxygens (including phenoxy) is 5. The highest BCUT2D eigenvalue weighted by Crippen LogP contribution is 2.41. The molecule has 4 aromatic heterocycles. The van der Waals surface area contributed by atoms with Crippen LogP contribution in [0.2, 0.25) is 10.0 Å². The molecule has 71 heavy (non-hydrogen) atoms. The molecule has 0 fully saturated rings. The Labute approximate surface area is 431 Å². The van der Waals surface area contributed by atoms with Crippen LogP contribution >= 0.6 is 45.9 Å². The maximum absolute atomic E-state index is 13.2. The highest BCUT2D eigenvalue weighted by molar-refractivity contribution is 7.15. The Kier molecular flexibility index (Phi) is 18.0. The van der Waals surface area contributed by atoms with Crippen LogP contribution in [0.15, 0.2) is 58.5 Å². The van der Waals surface area contributed by atoms with Crippen LogP contribution in [0, 0.1) is 41.5 Å². The minimum absolute atomic E-state index is 0.0995. The molecule has 6 heterocycles. The van der Waals surface area contributed by atoms with Crippen LogP contribution in [0.4, 0.5) is 0 Å². The van der Waals surface area contributed by atoms with Crippen molar-refractivity contribution in [3.8, 4) is 10.0 Å². The monoisotopic (exact) mass is 1040 g/mol. The quantitative estimate of drug-likeness (QED) is 0.0565. The third kappa shape index (κ3) is 12.5. The van der Waals surface area contributed by atoms with Crippen LogP contribution in [-0.2, 0) is 33.3 Å². The Morgan fingerprint density at radius 3 is 1.21 bits per heavy atom. The van der Waals surface area contributed by atoms with Gasteiger partial charge in [-0.2, -0.15) is 0 Å². The topological polar surface area (TPSA) is 190 Å². The summed E-state index contributed by atoms with van der Waals surface area (Å²) < 4.78 is 32.3. The van der Waals surface area contributed by atoms with Gasteiger partial charge in [0.15, 0.2) is 11.6 Å². The molecule has 2 atom stereocenters. The Morgan fingerprint density at radius 1 is 0.521 bits per heavy atom. The first kappa shape index (κ1) is 52.1. The predicted molar refractivity (Wildman–Crippen MR) is 276 cm³/mol. The number of nitrogens with one attached hydrogen (secondary N) is 2. The molecule has 0 aliphatic carbocycles. The largest absolute Gasteiger partial charge is 0.377 e. The van der Waals surface area contributed by atoms with Gasteiger partial charge in [0.25, 0.3) is 0 Å². The lowest BCUT2D eigenvalue weighted by molar-refractivity contribution is -0.122. The van der Waals surface area contributed by atoms with E-state index < -0.39 is 12.1 Å². The Bertz CT molecular complexity index is 2680. The second-order valence-corrected chi connectivity index (χ2v) is 20.3. The number of carbonyl (C=O) groups is 2. The van der Waals surface area contributed by atoms with Crippen molar-refractivity contribution in [3.05, 3.63) is 125 Å². The van der Waals surface area contributed by atoms with Gasteiger partial charge in [-0.25, -0.2) is 0 Å². The first-order chi connectivity index (χ1) is 34.4. The summed E-state index contributed by atoms with van der Waals surface area (Å²) >= 11 is 15.8. The number of carbonyl (C=O) groups excluding carboxylic acids is 2. The number of halogens is 2. The SMILES string of the molecule is Cc1sc2c(c1C)C(c1ccc(Cl)cc1)=N[C@@H](CC(=O)NCCOCCOCCOCCOCCOCCNC(=O)C[C@@H]1N=C(c3ccc(Cl)cc3)c3c(sc(C)c3C)-n3c(C)nnc31)c1nnc(C)n1-2. The highest BCUT2D eigenvalue weighted by atomic mass is 35.5. The second-order valence-electron chi connectivity index (χ2n) is 17.0. The second kappa shape index (κ2) is 24.5. The number of benzene rings is 2. The van der Waals surface area contributed by atoms with Crippen molar-refractivity contribution in [2.24, 2.45) is 9.98 Å². The highest BCUT2D eigenvalue weighted by Gasteiger charge is 2.34. The lowest BCUT2D eigenvalue weighted by Crippen LogP contribution is -2.29. The van der Waals surface area contributed by atoms with Gasteiger partial charge in [0.2, 0.25) is 11.8 Å². The van der Waals surface area contributed by atoms with Gasteiger partial charge in [0.05, 0.1) is 90.3 Å². The van der Waals surface area contributed by atoms with Crippen LogP contribution in [0.3, 0.4) is 0 Å². The third-order valence-corrected chi connectivity index (χ3v) is 15.0. The van der Waals surface area contributed by atoms with Gasteiger partial charge in [-0.1, -0.05) is 47.5 Å². The maximum Gasteiger partial charge on any atom is 0.222 e. The van der Waals surface area contributed by atoms with E-state index in [4.69, 9.17) is 56.9 Å². The summed E-state index contributed by atoms with van der Waals surface area (Å²) in [6.07, 6.45) is 0.199. The van der Waals surface area contributed by atoms with Gasteiger partial charge in [-0.15, -0.1) is 43.1 Å². The van der Waals surface area contributed by atoms with Crippen LogP contribution in [-0.4, -0.2) is 132 Å². The summed E-state index contributed by atoms with van der Waals surface area (Å²) in [5.41, 5.74) is 7.74. The number of hydrogen-bond donors (Lipinski definition) is 2. The van der Waals surface area contributed by atoms with Gasteiger partial charge in [0.1, 0.15) is 33.7 Å². The number of hydrogen-bond acceptors (Lipinski definition) is 15. The number of thiophene rings is 2. The molecule has 0 unspecified atom stereocenters. The molecule has 0 saturated heterocycles. The van der Waals surface area contributed by atoms with Crippen molar-refractivity contribution in [3.63, 3.8) is 0 Å². The molecule has 0 radical (unpaired) electrons. The van der Waals surface area contributed by atoms with Crippen molar-refractivity contribution < 1.29 is 33.3 Å². The smallest absolute Gasteiger partial charge is 0.222 e. The zero-order valence-corrected chi connectivity index (χ0v) is 43.8. The molecule has 8 rings (SSSR count). The van der Waals surface area contributed by atoms with Crippen molar-refractivity contribution in [1.82, 2.24) is 40.2 Å². The molecule has 17 nitrogen and oxygen atoms in total. The number of aliphatic imine (C=N–C) groups is 2. The summed E-state index contributed by atoms with van der Waals surface area (Å²) in [5, 5.41) is 26.9. The average molecular weight is 1050 g/mol. The fraction of sp³-hybridized carbons (Fsp3) is 0.440. The van der Waals surface area contributed by atoms with E-state index in [0.717, 1.165) is 66.5 Å². The summed E-state index contributed by atoms with van der Waals surface area (Å²) in [7, 11) is 0. The van der Waals surface area contributed by atoms with E-state index in [-0.39, 0.29) is 24.7 Å². The zero-order valence-electron chi connectivity index (χ0n) is 40.7. The summed E-state index contributed by atoms with van der Waals surface area (Å²) in [5.74, 6) is 2.41. The van der Waals surface area contributed by atoms with Crippen molar-refractivity contribution >= 4 is 69.1 Å². The Balaban J connectivity index is 0.658. The molecule has 2 amide bonds. The van der Waals surface area contributed by atoms with E-state index >= 15 is 0 Å². The van der Waals surface area contributed by atoms with E-state index in [2.05, 4.69) is 58.7 Å². The van der Waals surface area contributed by atoms with Crippen molar-refractivity contribution in [2.75, 3.05) is 79.2 Å². The molecule has 6 aromatic rings. The molecule has 2 aliphatic heterocycles. The van der Waals surface area contributed by atoms with Crippen LogP contribution in [0.1, 0.15) is 91.4 Å². The van der Waals surface area contributed by atoms with Gasteiger partial charge in [-0.05, 0) is 76.9 Å². The summed E-state index contributed by atoms with van der Waals surface area (Å²) in [4.78, 5) is 39.1. The number of rotatable bonds is 24. The number of fused-ring (bicyclic) bond motifs is 6. The third-order valence-electron chi connectivity index (χ3n) is 12.1. The van der Waals surface area contributed by atoms with Gasteiger partial charge in [0, 0.05) is 55.1 Å². The number of aromatic nitrogens is 6. The van der Waals surface area contributed by atoms with E-state index in [0.29, 0.717) is 101 Å². The van der Waals surface area contributed by atoms with E-state index in [1.54, 1.807) is 22.7 Å². The minimum Gasteiger partial charge on any atom is -0.377 e. The average Bonchev–Trinajstić information content (AvgIpc) is 4.04. The molecule has 0 spiro atoms. The number of amides is 2. The fourth-order valence-electron chi connectivity index (χ4n) is 8.27. The zero-order chi connectivity index (χ0) is 50.0. The normalized spacial score (nSPS) is 15.0. The standard InChI is InChI=1S/C50H58Cl2N10O7S2/c1-29-31(3)70-49-43(29)45(35-7-11-37(51)12-8-35)55-39(47-59-57-33(5)61(47)49)27-41(63)53-15-17-65-19-21-67-23-25-69-26-24-68-22-20-66-18-16-54-42(64)28-40-48-60-58-34(6)62(48)50-44(30(2)32(4)71-50)46(56-40)36-9-13-38(52)14-10-36/h7-14,39-40H,15-28H2,1-6H3,(H,53,63)(H,54,64)/t39-,40-/m0/s1. The Hall–Kier alpha value is -5.22. The predicted octanol–water partition coefficient (Wildman–Crippen LogP) is 7.71. The molecule has 2 aliphatic rings. The van der Waals surface area contributed by atoms with E-state index in [9.17, 15) is 9.59 Å². The molecular formula is C50H58Cl2N10O7S2. The first-order valence-corrected chi connectivity index (χ1v) is 25.9. The summed E-state index contributed by atoms with van der Waals surface area (Å²) in [6.45, 7) is 16.8. The minimum atomic E-state index is -0.547. The summed E-state index contributed by atoms with van der Waals surface area (Å²) in [6, 6.07) is 14.1. The van der Waals surface area contributed by atoms with Gasteiger partial charge in [-0.3, -0.25) is 28.7 Å². The first-order valence-electron chi connectivity index (χ1n) is 23.5. The van der Waals surface area contributed by atoms with Gasteiger partial charge >= 0.3 is 0 Å². The molecule has 376 valence electrons. The number of aryl methyl sites for hydroxylation is 4. The van der Waals surface area contributed by atoms with Crippen LogP contribution in [0.25, 0.3) is 10.0 Å². The fourth-order valence-corrected chi connectivity index (χ4v) is 10.9. The van der Waals surface area contributed by atoms with Crippen LogP contribution in [0.5, 0.6) is 0 Å². The van der Waals surface area contributed by atoms with E-state index in [1.807, 2.05) is 71.5 Å². The van der Waals surface area contributed by atoms with Crippen LogP contribution < -0.4 is 10.6 Å². The van der Waals surface area contributed by atoms with Crippen molar-refractivity contribution in [2.45, 2.75) is 66.5 Å². The molecule has 0 bridgehead atoms. The van der Waals surface area contributed by atoms with E-state index in [1.165, 1.54) is 9.75 Å². The maximum atomic E-state index is 13.2. The Morgan fingerprint density at radius 2 is 0.859 bits per heavy atom. The van der Waals surface area contributed by atoms with Crippen molar-refractivity contribution in [1.29, 1.82) is 0 Å². The molecule has 21 heteroatoms. The number of nitrogens with zero attached hydrogens (tertiary/aromatic N) is 8. The molecular weight excluding hydrogens is 988 g/mol. The van der Waals surface area contributed by atoms with Gasteiger partial charge < -0.3 is 34.3 Å². The lowest BCUT2D eigenvalue weighted by atomic mass is 9.99. The molecule has 0 saturated carbocycles. The lowest BCUT2D eigenvalue weighted by Gasteiger charge is -2.13. The molecule has 2 N–H and O–H groups in total.